The zero-order valence-corrected chi connectivity index (χ0v) is 19.3. The lowest BCUT2D eigenvalue weighted by Gasteiger charge is -2.26. The molecule has 0 aliphatic carbocycles. The van der Waals surface area contributed by atoms with Gasteiger partial charge in [0.15, 0.2) is 0 Å². The number of hydrogen-bond donors (Lipinski definition) is 1. The maximum atomic E-state index is 12.7. The van der Waals surface area contributed by atoms with E-state index in [4.69, 9.17) is 16.3 Å². The zero-order valence-electron chi connectivity index (χ0n) is 16.9. The molecule has 0 amide bonds. The molecule has 10 heteroatoms. The third kappa shape index (κ3) is 5.54. The fourth-order valence-corrected chi connectivity index (χ4v) is 5.78. The number of benzene rings is 2. The Morgan fingerprint density at radius 2 is 1.84 bits per heavy atom. The second-order valence-corrected chi connectivity index (χ2v) is 10.6. The molecule has 1 saturated heterocycles. The van der Waals surface area contributed by atoms with Gasteiger partial charge in [-0.15, -0.1) is 0 Å². The Balaban J connectivity index is 1.44. The number of fused-ring (bicyclic) bond motifs is 1. The third-order valence-corrected chi connectivity index (χ3v) is 7.90. The Bertz CT molecular complexity index is 1200. The van der Waals surface area contributed by atoms with Crippen molar-refractivity contribution in [2.45, 2.75) is 17.9 Å². The highest BCUT2D eigenvalue weighted by Crippen LogP contribution is 2.23. The van der Waals surface area contributed by atoms with Crippen molar-refractivity contribution in [2.75, 3.05) is 39.4 Å². The normalized spacial score (nSPS) is 15.5. The smallest absolute Gasteiger partial charge is 0.308 e. The fraction of sp³-hybridized carbons (Fsp3) is 0.381. The average molecular weight is 482 g/mol. The molecule has 1 aliphatic heterocycles. The summed E-state index contributed by atoms with van der Waals surface area (Å²) in [6.45, 7) is 4.83. The molecule has 7 nitrogen and oxygen atoms in total. The third-order valence-electron chi connectivity index (χ3n) is 5.25. The molecule has 0 spiro atoms. The van der Waals surface area contributed by atoms with Crippen LogP contribution in [0.25, 0.3) is 10.2 Å². The summed E-state index contributed by atoms with van der Waals surface area (Å²) >= 11 is 6.98. The van der Waals surface area contributed by atoms with Crippen LogP contribution in [0.1, 0.15) is 12.0 Å². The van der Waals surface area contributed by atoms with Gasteiger partial charge in [-0.3, -0.25) is 14.3 Å². The van der Waals surface area contributed by atoms with E-state index in [2.05, 4.69) is 9.62 Å². The Hall–Kier alpha value is -1.75. The van der Waals surface area contributed by atoms with Crippen molar-refractivity contribution in [1.29, 1.82) is 0 Å². The predicted octanol–water partition coefficient (Wildman–Crippen LogP) is 2.77. The minimum atomic E-state index is -3.63. The second-order valence-electron chi connectivity index (χ2n) is 7.42. The van der Waals surface area contributed by atoms with Crippen molar-refractivity contribution in [3.8, 4) is 0 Å². The van der Waals surface area contributed by atoms with Gasteiger partial charge in [0, 0.05) is 24.7 Å². The van der Waals surface area contributed by atoms with E-state index in [1.54, 1.807) is 34.9 Å². The summed E-state index contributed by atoms with van der Waals surface area (Å²) in [5.74, 6) is 0. The predicted molar refractivity (Wildman–Crippen MR) is 124 cm³/mol. The first-order valence-electron chi connectivity index (χ1n) is 10.1. The monoisotopic (exact) mass is 481 g/mol. The molecule has 4 rings (SSSR count). The molecule has 31 heavy (non-hydrogen) atoms. The Morgan fingerprint density at radius 1 is 1.10 bits per heavy atom. The molecular formula is C21H24ClN3O4S2. The van der Waals surface area contributed by atoms with E-state index < -0.39 is 10.0 Å². The number of ether oxygens (including phenoxy) is 1. The van der Waals surface area contributed by atoms with Gasteiger partial charge >= 0.3 is 4.87 Å². The van der Waals surface area contributed by atoms with Gasteiger partial charge in [0.2, 0.25) is 10.0 Å². The van der Waals surface area contributed by atoms with Crippen LogP contribution in [0.5, 0.6) is 0 Å². The maximum Gasteiger partial charge on any atom is 0.308 e. The molecule has 0 atom stereocenters. The van der Waals surface area contributed by atoms with Gasteiger partial charge in [0.05, 0.1) is 34.9 Å². The molecule has 3 aromatic rings. The van der Waals surface area contributed by atoms with Gasteiger partial charge in [0.1, 0.15) is 0 Å². The molecule has 0 saturated carbocycles. The number of thiazole rings is 1. The van der Waals surface area contributed by atoms with Gasteiger partial charge in [-0.2, -0.15) is 0 Å². The molecule has 1 fully saturated rings. The van der Waals surface area contributed by atoms with Crippen molar-refractivity contribution >= 4 is 43.2 Å². The maximum absolute atomic E-state index is 12.7. The quantitative estimate of drug-likeness (QED) is 0.500. The molecule has 0 unspecified atom stereocenters. The first kappa shape index (κ1) is 22.4. The van der Waals surface area contributed by atoms with Crippen LogP contribution < -0.4 is 9.60 Å². The van der Waals surface area contributed by atoms with E-state index in [0.717, 1.165) is 61.7 Å². The highest BCUT2D eigenvalue weighted by atomic mass is 35.5. The molecule has 1 N–H and O–H groups in total. The lowest BCUT2D eigenvalue weighted by atomic mass is 10.2. The van der Waals surface area contributed by atoms with Crippen molar-refractivity contribution in [1.82, 2.24) is 14.2 Å². The SMILES string of the molecule is O=c1sc2cc(S(=O)(=O)NCCCN3CCOCC3)ccc2n1Cc1ccc(Cl)cc1. The molecule has 1 aromatic heterocycles. The number of morpholine rings is 1. The number of rotatable bonds is 8. The molecule has 0 radical (unpaired) electrons. The number of nitrogens with zero attached hydrogens (tertiary/aromatic N) is 2. The van der Waals surface area contributed by atoms with Crippen LogP contribution in [0.15, 0.2) is 52.2 Å². The topological polar surface area (TPSA) is 80.6 Å². The van der Waals surface area contributed by atoms with Crippen LogP contribution in [0.2, 0.25) is 5.02 Å². The lowest BCUT2D eigenvalue weighted by Crippen LogP contribution is -2.38. The molecule has 1 aliphatic rings. The lowest BCUT2D eigenvalue weighted by molar-refractivity contribution is 0.0376. The van der Waals surface area contributed by atoms with E-state index in [1.165, 1.54) is 0 Å². The van der Waals surface area contributed by atoms with Gasteiger partial charge < -0.3 is 4.74 Å². The standard InChI is InChI=1S/C21H24ClN3O4S2/c22-17-4-2-16(3-5-17)15-25-19-7-6-18(14-20(19)30-21(25)26)31(27,28)23-8-1-9-24-10-12-29-13-11-24/h2-7,14,23H,1,8-13,15H2. The van der Waals surface area contributed by atoms with Crippen molar-refractivity contribution in [3.63, 3.8) is 0 Å². The van der Waals surface area contributed by atoms with Crippen LogP contribution in [0.3, 0.4) is 0 Å². The Labute approximate surface area is 190 Å². The summed E-state index contributed by atoms with van der Waals surface area (Å²) in [6.07, 6.45) is 0.728. The fourth-order valence-electron chi connectivity index (χ4n) is 3.55. The molecule has 2 heterocycles. The molecule has 0 bridgehead atoms. The summed E-state index contributed by atoms with van der Waals surface area (Å²) in [6, 6.07) is 12.1. The van der Waals surface area contributed by atoms with E-state index in [0.29, 0.717) is 22.8 Å². The van der Waals surface area contributed by atoms with Gasteiger partial charge in [-0.05, 0) is 48.9 Å². The first-order valence-corrected chi connectivity index (χ1v) is 12.8. The van der Waals surface area contributed by atoms with Crippen LogP contribution in [0, 0.1) is 0 Å². The van der Waals surface area contributed by atoms with Gasteiger partial charge in [0.25, 0.3) is 0 Å². The summed E-state index contributed by atoms with van der Waals surface area (Å²) in [4.78, 5) is 14.8. The van der Waals surface area contributed by atoms with E-state index in [9.17, 15) is 13.2 Å². The Morgan fingerprint density at radius 3 is 2.58 bits per heavy atom. The van der Waals surface area contributed by atoms with Crippen molar-refractivity contribution < 1.29 is 13.2 Å². The van der Waals surface area contributed by atoms with E-state index in [1.807, 2.05) is 12.1 Å². The second kappa shape index (κ2) is 9.81. The first-order chi connectivity index (χ1) is 14.9. The van der Waals surface area contributed by atoms with Crippen LogP contribution in [0.4, 0.5) is 0 Å². The summed E-state index contributed by atoms with van der Waals surface area (Å²) in [7, 11) is -3.63. The van der Waals surface area contributed by atoms with Crippen LogP contribution in [-0.4, -0.2) is 57.3 Å². The summed E-state index contributed by atoms with van der Waals surface area (Å²) in [5, 5.41) is 0.638. The van der Waals surface area contributed by atoms with Crippen molar-refractivity contribution in [3.05, 3.63) is 62.7 Å². The Kier molecular flexibility index (Phi) is 7.10. The summed E-state index contributed by atoms with van der Waals surface area (Å²) < 4.78 is 35.7. The van der Waals surface area contributed by atoms with Gasteiger partial charge in [-0.25, -0.2) is 13.1 Å². The highest BCUT2D eigenvalue weighted by molar-refractivity contribution is 7.89. The molecular weight excluding hydrogens is 458 g/mol. The minimum Gasteiger partial charge on any atom is -0.379 e. The number of nitrogens with one attached hydrogen (secondary N) is 1. The van der Waals surface area contributed by atoms with Crippen LogP contribution in [-0.2, 0) is 21.3 Å². The average Bonchev–Trinajstić information content (AvgIpc) is 3.08. The van der Waals surface area contributed by atoms with Crippen molar-refractivity contribution in [2.24, 2.45) is 0 Å². The number of aromatic nitrogens is 1. The zero-order chi connectivity index (χ0) is 21.8. The minimum absolute atomic E-state index is 0.127. The molecule has 2 aromatic carbocycles. The number of sulfonamides is 1. The van der Waals surface area contributed by atoms with Gasteiger partial charge in [-0.1, -0.05) is 35.1 Å². The van der Waals surface area contributed by atoms with Crippen LogP contribution >= 0.6 is 22.9 Å². The number of hydrogen-bond acceptors (Lipinski definition) is 6. The highest BCUT2D eigenvalue weighted by Gasteiger charge is 2.17. The van der Waals surface area contributed by atoms with E-state index in [-0.39, 0.29) is 9.77 Å². The largest absolute Gasteiger partial charge is 0.379 e. The molecule has 166 valence electrons. The van der Waals surface area contributed by atoms with E-state index >= 15 is 0 Å². The number of halogens is 1. The summed E-state index contributed by atoms with van der Waals surface area (Å²) in [5.41, 5.74) is 1.67.